The maximum absolute atomic E-state index is 12.7. The van der Waals surface area contributed by atoms with Gasteiger partial charge in [0.15, 0.2) is 0 Å². The normalized spacial score (nSPS) is 16.2. The minimum atomic E-state index is -0.593. The van der Waals surface area contributed by atoms with E-state index in [2.05, 4.69) is 10.6 Å². The van der Waals surface area contributed by atoms with Crippen LogP contribution in [0.15, 0.2) is 53.7 Å². The molecule has 0 bridgehead atoms. The van der Waals surface area contributed by atoms with Crippen molar-refractivity contribution in [3.63, 3.8) is 0 Å². The zero-order chi connectivity index (χ0) is 21.8. The van der Waals surface area contributed by atoms with Gasteiger partial charge >= 0.3 is 12.0 Å². The average Bonchev–Trinajstić information content (AvgIpc) is 2.71. The fourth-order valence-corrected chi connectivity index (χ4v) is 3.42. The quantitative estimate of drug-likeness (QED) is 0.665. The molecule has 2 aromatic rings. The molecule has 3 rings (SSSR count). The highest BCUT2D eigenvalue weighted by Gasteiger charge is 2.34. The van der Waals surface area contributed by atoms with Gasteiger partial charge in [-0.3, -0.25) is 0 Å². The number of carbonyl (C=O) groups excluding carboxylic acids is 2. The molecule has 2 N–H and O–H groups in total. The van der Waals surface area contributed by atoms with E-state index < -0.39 is 12.0 Å². The van der Waals surface area contributed by atoms with E-state index in [0.717, 1.165) is 22.4 Å². The van der Waals surface area contributed by atoms with Crippen molar-refractivity contribution >= 4 is 12.0 Å². The molecular weight excluding hydrogens is 380 g/mol. The Balaban J connectivity index is 1.93. The Kier molecular flexibility index (Phi) is 6.45. The number of allylic oxidation sites excluding steroid dienone is 1. The van der Waals surface area contributed by atoms with E-state index in [9.17, 15) is 9.59 Å². The largest absolute Gasteiger partial charge is 0.463 e. The van der Waals surface area contributed by atoms with Crippen LogP contribution in [0, 0.1) is 19.8 Å². The van der Waals surface area contributed by atoms with Crippen LogP contribution in [0.3, 0.4) is 0 Å². The number of hydrogen-bond acceptors (Lipinski definition) is 4. The lowest BCUT2D eigenvalue weighted by atomic mass is 9.91. The Morgan fingerprint density at radius 1 is 1.10 bits per heavy atom. The van der Waals surface area contributed by atoms with Gasteiger partial charge < -0.3 is 20.1 Å². The molecule has 0 aliphatic carbocycles. The molecule has 158 valence electrons. The minimum absolute atomic E-state index is 0.0372. The van der Waals surface area contributed by atoms with Crippen LogP contribution in [0.1, 0.15) is 43.5 Å². The molecule has 0 radical (unpaired) electrons. The molecule has 1 aliphatic rings. The van der Waals surface area contributed by atoms with Crippen molar-refractivity contribution in [1.29, 1.82) is 0 Å². The highest BCUT2D eigenvalue weighted by atomic mass is 16.5. The predicted molar refractivity (Wildman–Crippen MR) is 115 cm³/mol. The van der Waals surface area contributed by atoms with Crippen LogP contribution >= 0.6 is 0 Å². The summed E-state index contributed by atoms with van der Waals surface area (Å²) in [6, 6.07) is 12.4. The van der Waals surface area contributed by atoms with Crippen molar-refractivity contribution in [2.45, 2.75) is 40.7 Å². The molecule has 1 heterocycles. The van der Waals surface area contributed by atoms with Gasteiger partial charge in [-0.2, -0.15) is 0 Å². The SMILES string of the molecule is CCOC(=O)C1=C(C(C)C)NC(=O)NC1c1ccc(Oc2cccc(C)c2C)cc1. The molecule has 1 atom stereocenters. The van der Waals surface area contributed by atoms with Gasteiger partial charge in [-0.15, -0.1) is 0 Å². The molecule has 0 saturated carbocycles. The van der Waals surface area contributed by atoms with Gasteiger partial charge in [0, 0.05) is 5.70 Å². The highest BCUT2D eigenvalue weighted by molar-refractivity contribution is 5.95. The molecule has 0 fully saturated rings. The number of urea groups is 1. The Morgan fingerprint density at radius 3 is 2.43 bits per heavy atom. The molecule has 6 nitrogen and oxygen atoms in total. The zero-order valence-electron chi connectivity index (χ0n) is 18.0. The summed E-state index contributed by atoms with van der Waals surface area (Å²) in [6.07, 6.45) is 0. The van der Waals surface area contributed by atoms with E-state index in [1.165, 1.54) is 0 Å². The lowest BCUT2D eigenvalue weighted by Crippen LogP contribution is -2.47. The zero-order valence-corrected chi connectivity index (χ0v) is 18.0. The summed E-state index contributed by atoms with van der Waals surface area (Å²) in [6.45, 7) is 9.94. The third kappa shape index (κ3) is 4.48. The van der Waals surface area contributed by atoms with Gasteiger partial charge in [0.25, 0.3) is 0 Å². The third-order valence-electron chi connectivity index (χ3n) is 5.17. The van der Waals surface area contributed by atoms with Gasteiger partial charge in [-0.05, 0) is 61.6 Å². The van der Waals surface area contributed by atoms with Crippen LogP contribution in [-0.4, -0.2) is 18.6 Å². The fraction of sp³-hybridized carbons (Fsp3) is 0.333. The second kappa shape index (κ2) is 9.03. The van der Waals surface area contributed by atoms with Crippen molar-refractivity contribution in [2.75, 3.05) is 6.61 Å². The van der Waals surface area contributed by atoms with Gasteiger partial charge in [0.05, 0.1) is 18.2 Å². The molecule has 6 heteroatoms. The molecule has 0 aromatic heterocycles. The first-order chi connectivity index (χ1) is 14.3. The summed E-state index contributed by atoms with van der Waals surface area (Å²) in [7, 11) is 0. The summed E-state index contributed by atoms with van der Waals surface area (Å²) >= 11 is 0. The first kappa shape index (κ1) is 21.4. The molecule has 0 saturated heterocycles. The number of benzene rings is 2. The van der Waals surface area contributed by atoms with Crippen LogP contribution in [-0.2, 0) is 9.53 Å². The molecular formula is C24H28N2O4. The van der Waals surface area contributed by atoms with Crippen LogP contribution in [0.5, 0.6) is 11.5 Å². The van der Waals surface area contributed by atoms with Crippen molar-refractivity contribution in [3.8, 4) is 11.5 Å². The van der Waals surface area contributed by atoms with Crippen LogP contribution in [0.2, 0.25) is 0 Å². The number of carbonyl (C=O) groups is 2. The smallest absolute Gasteiger partial charge is 0.338 e. The third-order valence-corrected chi connectivity index (χ3v) is 5.17. The molecule has 2 aromatic carbocycles. The molecule has 1 unspecified atom stereocenters. The summed E-state index contributed by atoms with van der Waals surface area (Å²) in [5.41, 5.74) is 4.03. The second-order valence-electron chi connectivity index (χ2n) is 7.60. The van der Waals surface area contributed by atoms with Gasteiger partial charge in [-0.25, -0.2) is 9.59 Å². The Hall–Kier alpha value is -3.28. The minimum Gasteiger partial charge on any atom is -0.463 e. The number of nitrogens with one attached hydrogen (secondary N) is 2. The number of hydrogen-bond donors (Lipinski definition) is 2. The Labute approximate surface area is 177 Å². The van der Waals surface area contributed by atoms with E-state index in [0.29, 0.717) is 17.0 Å². The monoisotopic (exact) mass is 408 g/mol. The van der Waals surface area contributed by atoms with Crippen LogP contribution in [0.4, 0.5) is 4.79 Å². The summed E-state index contributed by atoms with van der Waals surface area (Å²) in [4.78, 5) is 24.9. The van der Waals surface area contributed by atoms with E-state index in [1.807, 2.05) is 70.2 Å². The molecule has 30 heavy (non-hydrogen) atoms. The number of aryl methyl sites for hydroxylation is 1. The van der Waals surface area contributed by atoms with Crippen LogP contribution < -0.4 is 15.4 Å². The van der Waals surface area contributed by atoms with Crippen molar-refractivity contribution in [2.24, 2.45) is 5.92 Å². The number of ether oxygens (including phenoxy) is 2. The van der Waals surface area contributed by atoms with Crippen molar-refractivity contribution < 1.29 is 19.1 Å². The summed E-state index contributed by atoms with van der Waals surface area (Å²) in [5.74, 6) is 1.00. The first-order valence-corrected chi connectivity index (χ1v) is 10.1. The number of rotatable bonds is 6. The van der Waals surface area contributed by atoms with E-state index in [1.54, 1.807) is 6.92 Å². The highest BCUT2D eigenvalue weighted by Crippen LogP contribution is 2.33. The standard InChI is InChI=1S/C24H28N2O4/c1-6-29-23(27)20-21(14(2)3)25-24(28)26-22(20)17-10-12-18(13-11-17)30-19-9-7-8-15(4)16(19)5/h7-14,22H,6H2,1-5H3,(H2,25,26,28). The lowest BCUT2D eigenvalue weighted by Gasteiger charge is -2.31. The average molecular weight is 408 g/mol. The van der Waals surface area contributed by atoms with Gasteiger partial charge in [0.2, 0.25) is 0 Å². The molecule has 0 spiro atoms. The Morgan fingerprint density at radius 2 is 1.80 bits per heavy atom. The topological polar surface area (TPSA) is 76.7 Å². The van der Waals surface area contributed by atoms with Gasteiger partial charge in [0.1, 0.15) is 11.5 Å². The first-order valence-electron chi connectivity index (χ1n) is 10.1. The maximum atomic E-state index is 12.7. The van der Waals surface area contributed by atoms with Crippen molar-refractivity contribution in [3.05, 3.63) is 70.4 Å². The van der Waals surface area contributed by atoms with E-state index in [4.69, 9.17) is 9.47 Å². The van der Waals surface area contributed by atoms with E-state index >= 15 is 0 Å². The summed E-state index contributed by atoms with van der Waals surface area (Å²) < 4.78 is 11.3. The van der Waals surface area contributed by atoms with Crippen molar-refractivity contribution in [1.82, 2.24) is 10.6 Å². The maximum Gasteiger partial charge on any atom is 0.338 e. The van der Waals surface area contributed by atoms with Gasteiger partial charge in [-0.1, -0.05) is 38.1 Å². The predicted octanol–water partition coefficient (Wildman–Crippen LogP) is 4.92. The number of esters is 1. The fourth-order valence-electron chi connectivity index (χ4n) is 3.42. The Bertz CT molecular complexity index is 977. The number of amides is 2. The summed E-state index contributed by atoms with van der Waals surface area (Å²) in [5, 5.41) is 5.61. The van der Waals surface area contributed by atoms with E-state index in [-0.39, 0.29) is 18.6 Å². The second-order valence-corrected chi connectivity index (χ2v) is 7.60. The van der Waals surface area contributed by atoms with Crippen LogP contribution in [0.25, 0.3) is 0 Å². The lowest BCUT2D eigenvalue weighted by molar-refractivity contribution is -0.139. The molecule has 1 aliphatic heterocycles. The molecule has 2 amide bonds.